The first-order chi connectivity index (χ1) is 8.06. The van der Waals surface area contributed by atoms with Crippen LogP contribution in [0.1, 0.15) is 19.4 Å². The Morgan fingerprint density at radius 2 is 1.88 bits per heavy atom. The average molecular weight is 260 g/mol. The number of phosphoric acid groups is 1. The van der Waals surface area contributed by atoms with Crippen molar-refractivity contribution in [3.05, 3.63) is 35.9 Å². The van der Waals surface area contributed by atoms with E-state index in [0.29, 0.717) is 0 Å². The molecule has 0 aliphatic rings. The molecule has 0 saturated heterocycles. The van der Waals surface area contributed by atoms with Gasteiger partial charge in [-0.05, 0) is 19.4 Å². The maximum Gasteiger partial charge on any atom is 0.477 e. The lowest BCUT2D eigenvalue weighted by atomic mass is 10.2. The minimum absolute atomic E-state index is 0.102. The van der Waals surface area contributed by atoms with Gasteiger partial charge in [-0.3, -0.25) is 13.6 Å². The minimum Gasteiger partial charge on any atom is -0.370 e. The van der Waals surface area contributed by atoms with E-state index in [2.05, 4.69) is 4.52 Å². The molecule has 1 unspecified atom stereocenters. The zero-order valence-corrected chi connectivity index (χ0v) is 10.8. The summed E-state index contributed by atoms with van der Waals surface area (Å²) >= 11 is 0. The molecule has 96 valence electrons. The van der Waals surface area contributed by atoms with Gasteiger partial charge in [-0.15, -0.1) is 0 Å². The zero-order chi connectivity index (χ0) is 12.7. The van der Waals surface area contributed by atoms with E-state index in [0.717, 1.165) is 5.56 Å². The maximum absolute atomic E-state index is 12.0. The average Bonchev–Trinajstić information content (AvgIpc) is 2.27. The van der Waals surface area contributed by atoms with E-state index in [1.165, 1.54) is 0 Å². The molecule has 1 N–H and O–H groups in total. The van der Waals surface area contributed by atoms with Crippen LogP contribution in [0.2, 0.25) is 0 Å². The lowest BCUT2D eigenvalue weighted by Gasteiger charge is -2.18. The van der Waals surface area contributed by atoms with Crippen LogP contribution in [0, 0.1) is 0 Å². The molecule has 0 heterocycles. The molecule has 0 amide bonds. The van der Waals surface area contributed by atoms with Crippen LogP contribution in [0.4, 0.5) is 0 Å². The van der Waals surface area contributed by atoms with E-state index < -0.39 is 14.6 Å². The van der Waals surface area contributed by atoms with Gasteiger partial charge >= 0.3 is 7.82 Å². The number of benzene rings is 1. The Hall–Kier alpha value is -0.710. The number of rotatable bonds is 7. The molecule has 0 radical (unpaired) electrons. The summed E-state index contributed by atoms with van der Waals surface area (Å²) in [6.07, 6.45) is -0.317. The van der Waals surface area contributed by atoms with Crippen LogP contribution < -0.4 is 0 Å². The summed E-state index contributed by atoms with van der Waals surface area (Å²) in [7, 11) is -3.69. The highest BCUT2D eigenvalue weighted by Gasteiger charge is 2.27. The molecule has 0 aliphatic carbocycles. The van der Waals surface area contributed by atoms with Gasteiger partial charge in [0.2, 0.25) is 0 Å². The Labute approximate surface area is 101 Å². The van der Waals surface area contributed by atoms with E-state index in [4.69, 9.17) is 14.2 Å². The topological polar surface area (TPSA) is 65.0 Å². The first-order valence-electron chi connectivity index (χ1n) is 5.28. The molecule has 0 spiro atoms. The van der Waals surface area contributed by atoms with Crippen molar-refractivity contribution >= 4 is 7.82 Å². The minimum atomic E-state index is -3.69. The largest absolute Gasteiger partial charge is 0.477 e. The second kappa shape index (κ2) is 6.89. The number of phosphoric ester groups is 1. The van der Waals surface area contributed by atoms with Crippen LogP contribution in [0.3, 0.4) is 0 Å². The van der Waals surface area contributed by atoms with Crippen LogP contribution in [-0.2, 0) is 24.7 Å². The summed E-state index contributed by atoms with van der Waals surface area (Å²) in [6.45, 7) is 2.81. The number of aliphatic hydroxyl groups is 1. The van der Waals surface area contributed by atoms with E-state index in [9.17, 15) is 4.57 Å². The quantitative estimate of drug-likeness (QED) is 0.603. The van der Waals surface area contributed by atoms with Crippen molar-refractivity contribution in [1.82, 2.24) is 0 Å². The molecule has 0 bridgehead atoms. The van der Waals surface area contributed by atoms with Crippen LogP contribution >= 0.6 is 7.82 Å². The van der Waals surface area contributed by atoms with Gasteiger partial charge in [-0.25, -0.2) is 4.57 Å². The van der Waals surface area contributed by atoms with E-state index >= 15 is 0 Å². The van der Waals surface area contributed by atoms with E-state index in [-0.39, 0.29) is 12.7 Å². The highest BCUT2D eigenvalue weighted by Crippen LogP contribution is 2.50. The molecule has 0 aromatic heterocycles. The molecule has 1 atom stereocenters. The molecule has 0 saturated carbocycles. The van der Waals surface area contributed by atoms with Gasteiger partial charge in [0.05, 0.1) is 12.7 Å². The molecule has 0 fully saturated rings. The third-order valence-corrected chi connectivity index (χ3v) is 3.34. The van der Waals surface area contributed by atoms with Gasteiger partial charge in [0.15, 0.2) is 6.79 Å². The summed E-state index contributed by atoms with van der Waals surface area (Å²) in [4.78, 5) is 0. The van der Waals surface area contributed by atoms with Crippen molar-refractivity contribution < 1.29 is 23.2 Å². The van der Waals surface area contributed by atoms with Crippen LogP contribution in [0.5, 0.6) is 0 Å². The second-order valence-corrected chi connectivity index (χ2v) is 5.24. The third-order valence-electron chi connectivity index (χ3n) is 1.79. The van der Waals surface area contributed by atoms with Crippen molar-refractivity contribution in [3.63, 3.8) is 0 Å². The predicted octanol–water partition coefficient (Wildman–Crippen LogP) is 2.70. The molecule has 17 heavy (non-hydrogen) atoms. The highest BCUT2D eigenvalue weighted by atomic mass is 31.2. The molecule has 5 nitrogen and oxygen atoms in total. The number of hydrogen-bond donors (Lipinski definition) is 1. The Kier molecular flexibility index (Phi) is 5.82. The van der Waals surface area contributed by atoms with Gasteiger partial charge < -0.3 is 5.11 Å². The van der Waals surface area contributed by atoms with Gasteiger partial charge in [-0.1, -0.05) is 30.3 Å². The summed E-state index contributed by atoms with van der Waals surface area (Å²) in [5.74, 6) is 0. The zero-order valence-electron chi connectivity index (χ0n) is 9.91. The fourth-order valence-corrected chi connectivity index (χ4v) is 2.32. The standard InChI is InChI=1S/C11H17O5P/c1-10(2)16-17(13,15-9-12)14-8-11-6-4-3-5-7-11/h3-7,10,12H,8-9H2,1-2H3. The predicted molar refractivity (Wildman–Crippen MR) is 63.2 cm³/mol. The first kappa shape index (κ1) is 14.4. The summed E-state index contributed by atoms with van der Waals surface area (Å²) in [5, 5.41) is 8.66. The van der Waals surface area contributed by atoms with Gasteiger partial charge in [0.1, 0.15) is 0 Å². The van der Waals surface area contributed by atoms with Crippen molar-refractivity contribution in [1.29, 1.82) is 0 Å². The van der Waals surface area contributed by atoms with Crippen LogP contribution in [-0.4, -0.2) is 18.0 Å². The monoisotopic (exact) mass is 260 g/mol. The van der Waals surface area contributed by atoms with Crippen molar-refractivity contribution in [2.24, 2.45) is 0 Å². The molecule has 6 heteroatoms. The summed E-state index contributed by atoms with van der Waals surface area (Å²) in [5.41, 5.74) is 0.849. The Morgan fingerprint density at radius 1 is 1.24 bits per heavy atom. The molecule has 1 rings (SSSR count). The van der Waals surface area contributed by atoms with Gasteiger partial charge in [-0.2, -0.15) is 0 Å². The molecule has 1 aromatic rings. The lowest BCUT2D eigenvalue weighted by Crippen LogP contribution is -2.06. The Balaban J connectivity index is 2.58. The Bertz CT molecular complexity index is 365. The molecular weight excluding hydrogens is 243 g/mol. The molecule has 1 aromatic carbocycles. The second-order valence-electron chi connectivity index (χ2n) is 3.62. The lowest BCUT2D eigenvalue weighted by molar-refractivity contribution is 0.0254. The van der Waals surface area contributed by atoms with Crippen molar-refractivity contribution in [2.45, 2.75) is 26.6 Å². The summed E-state index contributed by atoms with van der Waals surface area (Å²) in [6, 6.07) is 9.23. The van der Waals surface area contributed by atoms with Crippen LogP contribution in [0.25, 0.3) is 0 Å². The van der Waals surface area contributed by atoms with Crippen molar-refractivity contribution in [3.8, 4) is 0 Å². The number of hydrogen-bond acceptors (Lipinski definition) is 5. The molecule has 0 aliphatic heterocycles. The smallest absolute Gasteiger partial charge is 0.370 e. The third kappa shape index (κ3) is 5.44. The number of aliphatic hydroxyl groups excluding tert-OH is 1. The fourth-order valence-electron chi connectivity index (χ4n) is 1.15. The fraction of sp³-hybridized carbons (Fsp3) is 0.455. The SMILES string of the molecule is CC(C)OP(=O)(OCO)OCc1ccccc1. The highest BCUT2D eigenvalue weighted by molar-refractivity contribution is 7.48. The normalized spacial score (nSPS) is 14.8. The van der Waals surface area contributed by atoms with Gasteiger partial charge in [0, 0.05) is 0 Å². The molecular formula is C11H17O5P. The summed E-state index contributed by atoms with van der Waals surface area (Å²) < 4.78 is 26.8. The van der Waals surface area contributed by atoms with E-state index in [1.807, 2.05) is 30.3 Å². The van der Waals surface area contributed by atoms with Crippen molar-refractivity contribution in [2.75, 3.05) is 6.79 Å². The first-order valence-corrected chi connectivity index (χ1v) is 6.74. The van der Waals surface area contributed by atoms with Crippen LogP contribution in [0.15, 0.2) is 30.3 Å². The maximum atomic E-state index is 12.0. The van der Waals surface area contributed by atoms with Gasteiger partial charge in [0.25, 0.3) is 0 Å². The van der Waals surface area contributed by atoms with E-state index in [1.54, 1.807) is 13.8 Å². The Morgan fingerprint density at radius 3 is 2.41 bits per heavy atom.